The number of nitrogens with two attached hydrogens (primary N) is 1. The highest BCUT2D eigenvalue weighted by Gasteiger charge is 2.25. The highest BCUT2D eigenvalue weighted by Crippen LogP contribution is 2.42. The van der Waals surface area contributed by atoms with E-state index in [1.807, 2.05) is 29.0 Å². The molecule has 0 aliphatic heterocycles. The van der Waals surface area contributed by atoms with Crippen LogP contribution in [0.2, 0.25) is 25.7 Å². The first-order valence-electron chi connectivity index (χ1n) is 10.9. The summed E-state index contributed by atoms with van der Waals surface area (Å²) in [4.78, 5) is 9.03. The Labute approximate surface area is 184 Å². The topological polar surface area (TPSA) is 84.4 Å². The number of anilines is 1. The predicted molar refractivity (Wildman–Crippen MR) is 126 cm³/mol. The Bertz CT molecular complexity index is 1060. The van der Waals surface area contributed by atoms with Crippen molar-refractivity contribution in [3.63, 3.8) is 0 Å². The van der Waals surface area contributed by atoms with Crippen molar-refractivity contribution in [3.05, 3.63) is 30.6 Å². The molecule has 1 aliphatic rings. The van der Waals surface area contributed by atoms with Crippen LogP contribution in [0.15, 0.2) is 30.6 Å². The van der Waals surface area contributed by atoms with Crippen LogP contribution in [-0.4, -0.2) is 42.4 Å². The molecule has 0 atom stereocenters. The molecular weight excluding hydrogens is 408 g/mol. The molecule has 3 heterocycles. The molecule has 0 bridgehead atoms. The standard InChI is InChI=1S/C23H32N4O3Si/c1-28-23-21(19(10-11-25-23)30-16-6-5-7-16)18-14-27(15-29-12-13-31(2,3)4)22-17(18)8-9-20(24)26-22/h8-11,14,16H,5-7,12-13,15H2,1-4H3,(H2,24,26). The number of aromatic nitrogens is 3. The number of hydrogen-bond acceptors (Lipinski definition) is 6. The van der Waals surface area contributed by atoms with Gasteiger partial charge >= 0.3 is 0 Å². The first-order chi connectivity index (χ1) is 14.9. The molecule has 0 amide bonds. The monoisotopic (exact) mass is 440 g/mol. The highest BCUT2D eigenvalue weighted by atomic mass is 28.3. The van der Waals surface area contributed by atoms with Gasteiger partial charge in [-0.3, -0.25) is 0 Å². The van der Waals surface area contributed by atoms with Crippen molar-refractivity contribution in [1.29, 1.82) is 0 Å². The molecule has 0 unspecified atom stereocenters. The van der Waals surface area contributed by atoms with Crippen LogP contribution < -0.4 is 15.2 Å². The minimum absolute atomic E-state index is 0.248. The van der Waals surface area contributed by atoms with E-state index in [0.29, 0.717) is 18.4 Å². The second kappa shape index (κ2) is 8.88. The zero-order valence-corrected chi connectivity index (χ0v) is 19.9. The lowest BCUT2D eigenvalue weighted by Crippen LogP contribution is -2.24. The van der Waals surface area contributed by atoms with Crippen molar-refractivity contribution in [3.8, 4) is 22.8 Å². The van der Waals surface area contributed by atoms with Crippen LogP contribution in [0.1, 0.15) is 19.3 Å². The van der Waals surface area contributed by atoms with E-state index in [2.05, 4.69) is 29.6 Å². The average Bonchev–Trinajstić information content (AvgIpc) is 3.04. The van der Waals surface area contributed by atoms with Gasteiger partial charge in [-0.05, 0) is 43.5 Å². The van der Waals surface area contributed by atoms with E-state index in [-0.39, 0.29) is 6.10 Å². The van der Waals surface area contributed by atoms with Gasteiger partial charge in [0.15, 0.2) is 0 Å². The van der Waals surface area contributed by atoms with Crippen LogP contribution in [0, 0.1) is 0 Å². The lowest BCUT2D eigenvalue weighted by Gasteiger charge is -2.27. The van der Waals surface area contributed by atoms with Gasteiger partial charge in [-0.2, -0.15) is 0 Å². The summed E-state index contributed by atoms with van der Waals surface area (Å²) in [7, 11) is 0.482. The van der Waals surface area contributed by atoms with Crippen molar-refractivity contribution in [2.75, 3.05) is 19.5 Å². The summed E-state index contributed by atoms with van der Waals surface area (Å²) in [6.45, 7) is 8.19. The summed E-state index contributed by atoms with van der Waals surface area (Å²) >= 11 is 0. The number of nitrogen functional groups attached to an aromatic ring is 1. The maximum Gasteiger partial charge on any atom is 0.224 e. The first kappa shape index (κ1) is 21.6. The highest BCUT2D eigenvalue weighted by molar-refractivity contribution is 6.76. The Hall–Kier alpha value is -2.58. The average molecular weight is 441 g/mol. The number of hydrogen-bond donors (Lipinski definition) is 1. The summed E-state index contributed by atoms with van der Waals surface area (Å²) in [5, 5.41) is 0.966. The van der Waals surface area contributed by atoms with Crippen molar-refractivity contribution >= 4 is 24.9 Å². The van der Waals surface area contributed by atoms with Gasteiger partial charge in [0.05, 0.1) is 18.8 Å². The predicted octanol–water partition coefficient (Wildman–Crippen LogP) is 4.93. The lowest BCUT2D eigenvalue weighted by molar-refractivity contribution is 0.0899. The van der Waals surface area contributed by atoms with Crippen LogP contribution in [0.5, 0.6) is 11.6 Å². The molecule has 0 spiro atoms. The maximum atomic E-state index is 6.30. The van der Waals surface area contributed by atoms with E-state index in [0.717, 1.165) is 53.4 Å². The third-order valence-electron chi connectivity index (χ3n) is 5.66. The van der Waals surface area contributed by atoms with Crippen molar-refractivity contribution in [2.45, 2.75) is 57.8 Å². The SMILES string of the molecule is COc1nccc(OC2CCC2)c1-c1cn(COCC[Si](C)(C)C)c2nc(N)ccc12. The third kappa shape index (κ3) is 4.85. The summed E-state index contributed by atoms with van der Waals surface area (Å²) in [6, 6.07) is 6.83. The molecule has 1 fully saturated rings. The molecule has 8 heteroatoms. The molecule has 0 radical (unpaired) electrons. The molecule has 166 valence electrons. The smallest absolute Gasteiger partial charge is 0.224 e. The van der Waals surface area contributed by atoms with Gasteiger partial charge in [-0.1, -0.05) is 19.6 Å². The van der Waals surface area contributed by atoms with E-state index in [4.69, 9.17) is 19.9 Å². The van der Waals surface area contributed by atoms with Gasteiger partial charge in [0.2, 0.25) is 5.88 Å². The van der Waals surface area contributed by atoms with E-state index in [1.54, 1.807) is 13.3 Å². The molecule has 0 aromatic carbocycles. The second-order valence-electron chi connectivity index (χ2n) is 9.33. The Morgan fingerprint density at radius 3 is 2.68 bits per heavy atom. The number of pyridine rings is 2. The van der Waals surface area contributed by atoms with Gasteiger partial charge in [0, 0.05) is 38.0 Å². The molecule has 31 heavy (non-hydrogen) atoms. The zero-order valence-electron chi connectivity index (χ0n) is 18.9. The van der Waals surface area contributed by atoms with E-state index >= 15 is 0 Å². The summed E-state index contributed by atoms with van der Waals surface area (Å²) in [5.41, 5.74) is 8.59. The van der Waals surface area contributed by atoms with Crippen LogP contribution >= 0.6 is 0 Å². The van der Waals surface area contributed by atoms with Crippen LogP contribution in [0.4, 0.5) is 5.82 Å². The first-order valence-corrected chi connectivity index (χ1v) is 14.6. The number of ether oxygens (including phenoxy) is 3. The van der Waals surface area contributed by atoms with E-state index in [1.165, 1.54) is 6.42 Å². The molecule has 7 nitrogen and oxygen atoms in total. The second-order valence-corrected chi connectivity index (χ2v) is 15.0. The van der Waals surface area contributed by atoms with Gasteiger partial charge in [0.25, 0.3) is 0 Å². The molecule has 3 aromatic heterocycles. The Kier molecular flexibility index (Phi) is 6.20. The Balaban J connectivity index is 1.72. The van der Waals surface area contributed by atoms with E-state index in [9.17, 15) is 0 Å². The van der Waals surface area contributed by atoms with E-state index < -0.39 is 8.07 Å². The van der Waals surface area contributed by atoms with Crippen LogP contribution in [-0.2, 0) is 11.5 Å². The molecule has 2 N–H and O–H groups in total. The number of rotatable bonds is 9. The molecular formula is C23H32N4O3Si. The minimum Gasteiger partial charge on any atom is -0.490 e. The van der Waals surface area contributed by atoms with Gasteiger partial charge in [-0.25, -0.2) is 9.97 Å². The third-order valence-corrected chi connectivity index (χ3v) is 7.36. The quantitative estimate of drug-likeness (QED) is 0.375. The molecule has 4 rings (SSSR count). The largest absolute Gasteiger partial charge is 0.490 e. The fraction of sp³-hybridized carbons (Fsp3) is 0.478. The van der Waals surface area contributed by atoms with Crippen LogP contribution in [0.3, 0.4) is 0 Å². The number of nitrogens with zero attached hydrogens (tertiary/aromatic N) is 3. The fourth-order valence-electron chi connectivity index (χ4n) is 3.61. The van der Waals surface area contributed by atoms with Gasteiger partial charge in [0.1, 0.15) is 23.9 Å². The normalized spacial score (nSPS) is 14.6. The summed E-state index contributed by atoms with van der Waals surface area (Å²) in [6.07, 6.45) is 7.38. The molecule has 0 saturated heterocycles. The molecule has 3 aromatic rings. The van der Waals surface area contributed by atoms with Gasteiger partial charge in [-0.15, -0.1) is 0 Å². The Morgan fingerprint density at radius 1 is 1.19 bits per heavy atom. The van der Waals surface area contributed by atoms with Crippen LogP contribution in [0.25, 0.3) is 22.2 Å². The molecule has 1 saturated carbocycles. The fourth-order valence-corrected chi connectivity index (χ4v) is 4.37. The number of methoxy groups -OCH3 is 1. The van der Waals surface area contributed by atoms with Gasteiger partial charge < -0.3 is 24.5 Å². The summed E-state index contributed by atoms with van der Waals surface area (Å²) in [5.74, 6) is 1.80. The van der Waals surface area contributed by atoms with Crippen molar-refractivity contribution in [2.24, 2.45) is 0 Å². The van der Waals surface area contributed by atoms with Crippen molar-refractivity contribution < 1.29 is 14.2 Å². The Morgan fingerprint density at radius 2 is 2.00 bits per heavy atom. The minimum atomic E-state index is -1.15. The summed E-state index contributed by atoms with van der Waals surface area (Å²) < 4.78 is 19.9. The zero-order chi connectivity index (χ0) is 22.0. The maximum absolute atomic E-state index is 6.30. The van der Waals surface area contributed by atoms with Crippen molar-refractivity contribution in [1.82, 2.24) is 14.5 Å². The lowest BCUT2D eigenvalue weighted by atomic mass is 9.96. The molecule has 1 aliphatic carbocycles. The number of fused-ring (bicyclic) bond motifs is 1.